The van der Waals surface area contributed by atoms with Crippen molar-refractivity contribution >= 4 is 33.4 Å². The fourth-order valence-electron chi connectivity index (χ4n) is 2.99. The summed E-state index contributed by atoms with van der Waals surface area (Å²) in [6.45, 7) is 8.80. The van der Waals surface area contributed by atoms with Gasteiger partial charge in [-0.15, -0.1) is 0 Å². The molecule has 9 heteroatoms. The molecule has 0 fully saturated rings. The molecule has 29 heavy (non-hydrogen) atoms. The molecular formula is C20H24N4O4S. The van der Waals surface area contributed by atoms with Crippen molar-refractivity contribution in [2.24, 2.45) is 4.99 Å². The molecule has 0 aliphatic carbocycles. The molecule has 2 heterocycles. The summed E-state index contributed by atoms with van der Waals surface area (Å²) in [5.41, 5.74) is 1.96. The zero-order valence-corrected chi connectivity index (χ0v) is 17.8. The minimum Gasteiger partial charge on any atom is -0.494 e. The number of carbonyl (C=O) groups is 2. The van der Waals surface area contributed by atoms with Crippen molar-refractivity contribution in [2.75, 3.05) is 13.2 Å². The van der Waals surface area contributed by atoms with Gasteiger partial charge in [-0.25, -0.2) is 0 Å². The molecule has 154 valence electrons. The first-order valence-corrected chi connectivity index (χ1v) is 10.3. The number of rotatable bonds is 7. The van der Waals surface area contributed by atoms with Crippen LogP contribution in [-0.4, -0.2) is 39.4 Å². The number of aryl methyl sites for hydroxylation is 2. The zero-order valence-electron chi connectivity index (χ0n) is 17.0. The zero-order chi connectivity index (χ0) is 21.0. The first kappa shape index (κ1) is 20.8. The summed E-state index contributed by atoms with van der Waals surface area (Å²) in [5, 5.41) is 4.30. The Kier molecular flexibility index (Phi) is 6.48. The molecule has 0 unspecified atom stereocenters. The quantitative estimate of drug-likeness (QED) is 0.553. The van der Waals surface area contributed by atoms with E-state index in [9.17, 15) is 9.59 Å². The lowest BCUT2D eigenvalue weighted by molar-refractivity contribution is -0.143. The molecule has 0 aliphatic heterocycles. The molecule has 3 aromatic rings. The fourth-order valence-corrected chi connectivity index (χ4v) is 4.04. The van der Waals surface area contributed by atoms with Gasteiger partial charge in [0.2, 0.25) is 0 Å². The van der Waals surface area contributed by atoms with Gasteiger partial charge >= 0.3 is 5.97 Å². The third-order valence-corrected chi connectivity index (χ3v) is 5.22. The Morgan fingerprint density at radius 1 is 1.17 bits per heavy atom. The van der Waals surface area contributed by atoms with Gasteiger partial charge in [0, 0.05) is 6.54 Å². The van der Waals surface area contributed by atoms with Crippen molar-refractivity contribution in [3.63, 3.8) is 0 Å². The van der Waals surface area contributed by atoms with E-state index in [0.717, 1.165) is 21.7 Å². The van der Waals surface area contributed by atoms with Crippen molar-refractivity contribution in [1.82, 2.24) is 14.3 Å². The summed E-state index contributed by atoms with van der Waals surface area (Å²) in [7, 11) is 0. The first-order chi connectivity index (χ1) is 14.0. The summed E-state index contributed by atoms with van der Waals surface area (Å²) >= 11 is 1.33. The van der Waals surface area contributed by atoms with Crippen LogP contribution in [-0.2, 0) is 22.6 Å². The van der Waals surface area contributed by atoms with Gasteiger partial charge in [-0.3, -0.25) is 14.3 Å². The van der Waals surface area contributed by atoms with Crippen molar-refractivity contribution in [3.8, 4) is 5.75 Å². The second-order valence-electron chi connectivity index (χ2n) is 6.24. The van der Waals surface area contributed by atoms with E-state index >= 15 is 0 Å². The monoisotopic (exact) mass is 416 g/mol. The van der Waals surface area contributed by atoms with Gasteiger partial charge in [-0.05, 0) is 52.0 Å². The lowest BCUT2D eigenvalue weighted by Crippen LogP contribution is -2.23. The highest BCUT2D eigenvalue weighted by Crippen LogP contribution is 2.23. The number of aromatic nitrogens is 3. The Balaban J connectivity index is 2.11. The summed E-state index contributed by atoms with van der Waals surface area (Å²) in [4.78, 5) is 29.7. The van der Waals surface area contributed by atoms with Gasteiger partial charge in [0.15, 0.2) is 4.80 Å². The minimum atomic E-state index is -0.401. The molecule has 1 amide bonds. The van der Waals surface area contributed by atoms with Crippen LogP contribution in [0.4, 0.5) is 0 Å². The number of thiazole rings is 1. The molecule has 0 bridgehead atoms. The van der Waals surface area contributed by atoms with Crippen LogP contribution in [0, 0.1) is 6.92 Å². The number of ether oxygens (including phenoxy) is 2. The highest BCUT2D eigenvalue weighted by atomic mass is 32.1. The van der Waals surface area contributed by atoms with E-state index in [-0.39, 0.29) is 19.1 Å². The maximum atomic E-state index is 12.8. The fraction of sp³-hybridized carbons (Fsp3) is 0.400. The van der Waals surface area contributed by atoms with Crippen LogP contribution >= 0.6 is 11.3 Å². The largest absolute Gasteiger partial charge is 0.494 e. The molecule has 0 atom stereocenters. The van der Waals surface area contributed by atoms with E-state index in [2.05, 4.69) is 10.1 Å². The number of fused-ring (bicyclic) bond motifs is 1. The predicted octanol–water partition coefficient (Wildman–Crippen LogP) is 2.93. The second kappa shape index (κ2) is 9.04. The summed E-state index contributed by atoms with van der Waals surface area (Å²) in [6.07, 6.45) is 0. The van der Waals surface area contributed by atoms with Crippen LogP contribution < -0.4 is 9.54 Å². The lowest BCUT2D eigenvalue weighted by atomic mass is 10.3. The summed E-state index contributed by atoms with van der Waals surface area (Å²) in [6, 6.07) is 7.29. The van der Waals surface area contributed by atoms with E-state index in [4.69, 9.17) is 9.47 Å². The average Bonchev–Trinajstić information content (AvgIpc) is 3.22. The molecule has 0 aliphatic rings. The van der Waals surface area contributed by atoms with Crippen LogP contribution in [0.5, 0.6) is 5.75 Å². The van der Waals surface area contributed by atoms with Crippen molar-refractivity contribution in [3.05, 3.63) is 40.5 Å². The van der Waals surface area contributed by atoms with Crippen molar-refractivity contribution in [1.29, 1.82) is 0 Å². The number of hydrogen-bond acceptors (Lipinski definition) is 6. The Morgan fingerprint density at radius 2 is 1.97 bits per heavy atom. The van der Waals surface area contributed by atoms with E-state index in [1.165, 1.54) is 11.3 Å². The maximum absolute atomic E-state index is 12.8. The average molecular weight is 417 g/mol. The van der Waals surface area contributed by atoms with E-state index in [1.807, 2.05) is 39.0 Å². The van der Waals surface area contributed by atoms with Crippen LogP contribution in [0.15, 0.2) is 29.3 Å². The van der Waals surface area contributed by atoms with E-state index in [0.29, 0.717) is 23.6 Å². The Labute approximate surface area is 172 Å². The number of nitrogens with zero attached hydrogens (tertiary/aromatic N) is 4. The van der Waals surface area contributed by atoms with Gasteiger partial charge in [0.05, 0.1) is 29.1 Å². The highest BCUT2D eigenvalue weighted by molar-refractivity contribution is 7.16. The molecule has 0 spiro atoms. The molecule has 0 saturated heterocycles. The van der Waals surface area contributed by atoms with Crippen molar-refractivity contribution < 1.29 is 19.1 Å². The van der Waals surface area contributed by atoms with Crippen LogP contribution in [0.25, 0.3) is 10.2 Å². The van der Waals surface area contributed by atoms with Gasteiger partial charge < -0.3 is 14.0 Å². The topological polar surface area (TPSA) is 87.7 Å². The Morgan fingerprint density at radius 3 is 2.66 bits per heavy atom. The normalized spacial score (nSPS) is 11.8. The third kappa shape index (κ3) is 4.56. The Bertz CT molecular complexity index is 1110. The van der Waals surface area contributed by atoms with Gasteiger partial charge in [0.1, 0.15) is 18.0 Å². The molecular weight excluding hydrogens is 392 g/mol. The van der Waals surface area contributed by atoms with Gasteiger partial charge in [-0.1, -0.05) is 11.3 Å². The number of amides is 1. The summed E-state index contributed by atoms with van der Waals surface area (Å²) in [5.74, 6) is -0.0619. The van der Waals surface area contributed by atoms with E-state index < -0.39 is 5.91 Å². The first-order valence-electron chi connectivity index (χ1n) is 9.52. The highest BCUT2D eigenvalue weighted by Gasteiger charge is 2.16. The van der Waals surface area contributed by atoms with E-state index in [1.54, 1.807) is 22.2 Å². The second-order valence-corrected chi connectivity index (χ2v) is 7.25. The third-order valence-electron chi connectivity index (χ3n) is 4.18. The van der Waals surface area contributed by atoms with Crippen molar-refractivity contribution in [2.45, 2.75) is 40.8 Å². The van der Waals surface area contributed by atoms with Crippen LogP contribution in [0.1, 0.15) is 37.0 Å². The summed E-state index contributed by atoms with van der Waals surface area (Å²) < 4.78 is 14.8. The van der Waals surface area contributed by atoms with Crippen LogP contribution in [0.3, 0.4) is 0 Å². The van der Waals surface area contributed by atoms with Gasteiger partial charge in [0.25, 0.3) is 5.91 Å². The molecule has 3 rings (SSSR count). The SMILES string of the molecule is CCOC(=O)Cn1c(=NC(=O)c2cc(C)nn2CC)sc2cc(OCC)ccc21. The maximum Gasteiger partial charge on any atom is 0.326 e. The molecule has 0 saturated carbocycles. The van der Waals surface area contributed by atoms with Gasteiger partial charge in [-0.2, -0.15) is 10.1 Å². The molecule has 2 aromatic heterocycles. The minimum absolute atomic E-state index is 0.0278. The molecule has 0 N–H and O–H groups in total. The predicted molar refractivity (Wildman–Crippen MR) is 110 cm³/mol. The lowest BCUT2D eigenvalue weighted by Gasteiger charge is -2.06. The number of carbonyl (C=O) groups excluding carboxylic acids is 2. The number of benzene rings is 1. The Hall–Kier alpha value is -2.94. The number of esters is 1. The molecule has 8 nitrogen and oxygen atoms in total. The van der Waals surface area contributed by atoms with Crippen LogP contribution in [0.2, 0.25) is 0 Å². The standard InChI is InChI=1S/C20H24N4O4S/c1-5-24-16(10-13(4)22-24)19(26)21-20-23(12-18(25)28-7-3)15-9-8-14(27-6-2)11-17(15)29-20/h8-11H,5-7,12H2,1-4H3. The molecule has 1 aromatic carbocycles. The molecule has 0 radical (unpaired) electrons. The smallest absolute Gasteiger partial charge is 0.326 e. The number of hydrogen-bond donors (Lipinski definition) is 0.